The van der Waals surface area contributed by atoms with Gasteiger partial charge >= 0.3 is 0 Å². The molecule has 0 fully saturated rings. The Morgan fingerprint density at radius 2 is 1.81 bits per heavy atom. The maximum absolute atomic E-state index is 5.93. The molecule has 0 aliphatic rings. The minimum Gasteiger partial charge on any atom is -0.459 e. The van der Waals surface area contributed by atoms with E-state index in [2.05, 4.69) is 52.2 Å². The van der Waals surface area contributed by atoms with Gasteiger partial charge in [-0.1, -0.05) is 15.9 Å². The molecule has 1 N–H and O–H groups in total. The Morgan fingerprint density at radius 1 is 1.05 bits per heavy atom. The minimum absolute atomic E-state index is 0.138. The standard InChI is InChI=1S/C17H17BrN2O/c1-11(13-5-7-19-8-6-13)20-12(2)17-10-14-9-15(18)3-4-16(14)21-17/h3-12,20H,1-2H3/t11-,12?/m0/s1. The first-order valence-electron chi connectivity index (χ1n) is 6.98. The number of aromatic nitrogens is 1. The zero-order valence-electron chi connectivity index (χ0n) is 12.0. The smallest absolute Gasteiger partial charge is 0.134 e. The molecule has 0 amide bonds. The van der Waals surface area contributed by atoms with E-state index in [1.165, 1.54) is 5.56 Å². The van der Waals surface area contributed by atoms with Crippen LogP contribution in [0, 0.1) is 0 Å². The Morgan fingerprint density at radius 3 is 2.57 bits per heavy atom. The van der Waals surface area contributed by atoms with Crippen LogP contribution in [-0.4, -0.2) is 4.98 Å². The normalized spacial score (nSPS) is 14.2. The van der Waals surface area contributed by atoms with Crippen molar-refractivity contribution in [3.8, 4) is 0 Å². The fourth-order valence-electron chi connectivity index (χ4n) is 2.45. The molecule has 2 atom stereocenters. The predicted molar refractivity (Wildman–Crippen MR) is 88.1 cm³/mol. The van der Waals surface area contributed by atoms with E-state index in [1.807, 2.05) is 36.7 Å². The highest BCUT2D eigenvalue weighted by Gasteiger charge is 2.15. The van der Waals surface area contributed by atoms with Gasteiger partial charge in [0.15, 0.2) is 0 Å². The summed E-state index contributed by atoms with van der Waals surface area (Å²) in [5.74, 6) is 0.948. The fraction of sp³-hybridized carbons (Fsp3) is 0.235. The summed E-state index contributed by atoms with van der Waals surface area (Å²) in [6.45, 7) is 4.26. The van der Waals surface area contributed by atoms with E-state index < -0.39 is 0 Å². The molecule has 1 aromatic carbocycles. The number of rotatable bonds is 4. The zero-order chi connectivity index (χ0) is 14.8. The minimum atomic E-state index is 0.138. The van der Waals surface area contributed by atoms with Crippen LogP contribution in [0.25, 0.3) is 11.0 Å². The Hall–Kier alpha value is -1.65. The number of fused-ring (bicyclic) bond motifs is 1. The summed E-state index contributed by atoms with van der Waals surface area (Å²) in [5.41, 5.74) is 2.13. The Balaban J connectivity index is 1.79. The molecule has 2 heterocycles. The van der Waals surface area contributed by atoms with Gasteiger partial charge in [-0.3, -0.25) is 4.98 Å². The molecular weight excluding hydrogens is 328 g/mol. The quantitative estimate of drug-likeness (QED) is 0.723. The number of benzene rings is 1. The highest BCUT2D eigenvalue weighted by Crippen LogP contribution is 2.27. The van der Waals surface area contributed by atoms with Crippen LogP contribution < -0.4 is 5.32 Å². The van der Waals surface area contributed by atoms with Gasteiger partial charge in [-0.15, -0.1) is 0 Å². The first kappa shape index (κ1) is 14.3. The number of nitrogens with zero attached hydrogens (tertiary/aromatic N) is 1. The number of pyridine rings is 1. The first-order chi connectivity index (χ1) is 10.1. The summed E-state index contributed by atoms with van der Waals surface area (Å²) in [7, 11) is 0. The lowest BCUT2D eigenvalue weighted by Crippen LogP contribution is -2.22. The second-order valence-corrected chi connectivity index (χ2v) is 6.14. The number of halogens is 1. The van der Waals surface area contributed by atoms with Crippen molar-refractivity contribution < 1.29 is 4.42 Å². The van der Waals surface area contributed by atoms with Crippen molar-refractivity contribution >= 4 is 26.9 Å². The molecule has 0 spiro atoms. The van der Waals surface area contributed by atoms with Gasteiger partial charge < -0.3 is 9.73 Å². The summed E-state index contributed by atoms with van der Waals surface area (Å²) < 4.78 is 6.99. The van der Waals surface area contributed by atoms with Crippen molar-refractivity contribution in [3.63, 3.8) is 0 Å². The predicted octanol–water partition coefficient (Wildman–Crippen LogP) is 5.00. The van der Waals surface area contributed by atoms with Gasteiger partial charge in [0.2, 0.25) is 0 Å². The lowest BCUT2D eigenvalue weighted by atomic mass is 10.1. The van der Waals surface area contributed by atoms with Crippen LogP contribution in [0.4, 0.5) is 0 Å². The molecular formula is C17H17BrN2O. The Kier molecular flexibility index (Phi) is 4.08. The van der Waals surface area contributed by atoms with E-state index in [1.54, 1.807) is 0 Å². The van der Waals surface area contributed by atoms with Crippen molar-refractivity contribution in [2.24, 2.45) is 0 Å². The van der Waals surface area contributed by atoms with Crippen LogP contribution in [0.3, 0.4) is 0 Å². The van der Waals surface area contributed by atoms with Crippen LogP contribution in [0.5, 0.6) is 0 Å². The van der Waals surface area contributed by atoms with Gasteiger partial charge in [0, 0.05) is 28.3 Å². The number of hydrogen-bond acceptors (Lipinski definition) is 3. The third-order valence-corrected chi connectivity index (χ3v) is 4.12. The van der Waals surface area contributed by atoms with Crippen LogP contribution in [-0.2, 0) is 0 Å². The third kappa shape index (κ3) is 3.17. The molecule has 4 heteroatoms. The molecule has 0 saturated carbocycles. The average Bonchev–Trinajstić information content (AvgIpc) is 2.91. The lowest BCUT2D eigenvalue weighted by Gasteiger charge is -2.18. The summed E-state index contributed by atoms with van der Waals surface area (Å²) >= 11 is 3.49. The van der Waals surface area contributed by atoms with E-state index in [0.717, 1.165) is 21.2 Å². The molecule has 0 aliphatic carbocycles. The SMILES string of the molecule is CC(N[C@@H](C)c1ccncc1)c1cc2cc(Br)ccc2o1. The molecule has 3 rings (SSSR count). The van der Waals surface area contributed by atoms with Gasteiger partial charge in [-0.05, 0) is 55.8 Å². The first-order valence-corrected chi connectivity index (χ1v) is 7.78. The third-order valence-electron chi connectivity index (χ3n) is 3.63. The molecule has 0 aliphatic heterocycles. The molecule has 3 aromatic rings. The highest BCUT2D eigenvalue weighted by molar-refractivity contribution is 9.10. The molecule has 1 unspecified atom stereocenters. The Labute approximate surface area is 132 Å². The highest BCUT2D eigenvalue weighted by atomic mass is 79.9. The summed E-state index contributed by atoms with van der Waals surface area (Å²) in [5, 5.41) is 4.67. The summed E-state index contributed by atoms with van der Waals surface area (Å²) in [6, 6.07) is 12.6. The summed E-state index contributed by atoms with van der Waals surface area (Å²) in [6.07, 6.45) is 3.63. The van der Waals surface area contributed by atoms with Gasteiger partial charge in [0.05, 0.1) is 6.04 Å². The largest absolute Gasteiger partial charge is 0.459 e. The van der Waals surface area contributed by atoms with E-state index in [0.29, 0.717) is 0 Å². The number of nitrogens with one attached hydrogen (secondary N) is 1. The molecule has 108 valence electrons. The van der Waals surface area contributed by atoms with Gasteiger partial charge in [0.1, 0.15) is 11.3 Å². The Bertz CT molecular complexity index is 739. The topological polar surface area (TPSA) is 38.1 Å². The average molecular weight is 345 g/mol. The molecule has 0 saturated heterocycles. The van der Waals surface area contributed by atoms with Gasteiger partial charge in [-0.2, -0.15) is 0 Å². The summed E-state index contributed by atoms with van der Waals surface area (Å²) in [4.78, 5) is 4.05. The van der Waals surface area contributed by atoms with E-state index in [-0.39, 0.29) is 12.1 Å². The van der Waals surface area contributed by atoms with Crippen LogP contribution in [0.1, 0.15) is 37.3 Å². The van der Waals surface area contributed by atoms with Crippen molar-refractivity contribution in [1.82, 2.24) is 10.3 Å². The van der Waals surface area contributed by atoms with Crippen molar-refractivity contribution in [1.29, 1.82) is 0 Å². The van der Waals surface area contributed by atoms with E-state index in [4.69, 9.17) is 4.42 Å². The number of hydrogen-bond donors (Lipinski definition) is 1. The van der Waals surface area contributed by atoms with Crippen molar-refractivity contribution in [3.05, 3.63) is 64.6 Å². The van der Waals surface area contributed by atoms with Crippen LogP contribution >= 0.6 is 15.9 Å². The maximum Gasteiger partial charge on any atom is 0.134 e. The van der Waals surface area contributed by atoms with Gasteiger partial charge in [-0.25, -0.2) is 0 Å². The molecule has 0 bridgehead atoms. The fourth-order valence-corrected chi connectivity index (χ4v) is 2.83. The maximum atomic E-state index is 5.93. The molecule has 2 aromatic heterocycles. The molecule has 0 radical (unpaired) electrons. The van der Waals surface area contributed by atoms with E-state index >= 15 is 0 Å². The van der Waals surface area contributed by atoms with Crippen LogP contribution in [0.15, 0.2) is 57.7 Å². The zero-order valence-corrected chi connectivity index (χ0v) is 13.6. The number of furan rings is 1. The molecule has 21 heavy (non-hydrogen) atoms. The van der Waals surface area contributed by atoms with Crippen molar-refractivity contribution in [2.75, 3.05) is 0 Å². The van der Waals surface area contributed by atoms with Gasteiger partial charge in [0.25, 0.3) is 0 Å². The van der Waals surface area contributed by atoms with Crippen LogP contribution in [0.2, 0.25) is 0 Å². The monoisotopic (exact) mass is 344 g/mol. The second kappa shape index (κ2) is 6.00. The lowest BCUT2D eigenvalue weighted by molar-refractivity contribution is 0.417. The molecule has 3 nitrogen and oxygen atoms in total. The van der Waals surface area contributed by atoms with E-state index in [9.17, 15) is 0 Å². The second-order valence-electron chi connectivity index (χ2n) is 5.22. The van der Waals surface area contributed by atoms with Crippen molar-refractivity contribution in [2.45, 2.75) is 25.9 Å².